The number of carbonyl (C=O) groups is 3. The molecule has 0 saturated heterocycles. The molecule has 2 aromatic carbocycles. The van der Waals surface area contributed by atoms with Crippen LogP contribution >= 0.6 is 0 Å². The molecule has 2 N–H and O–H groups in total. The van der Waals surface area contributed by atoms with E-state index in [0.717, 1.165) is 11.1 Å². The minimum absolute atomic E-state index is 0.227. The van der Waals surface area contributed by atoms with Gasteiger partial charge in [-0.05, 0) is 50.1 Å². The van der Waals surface area contributed by atoms with Gasteiger partial charge in [-0.25, -0.2) is 4.79 Å². The first-order chi connectivity index (χ1) is 14.8. The fourth-order valence-corrected chi connectivity index (χ4v) is 2.69. The summed E-state index contributed by atoms with van der Waals surface area (Å²) in [5, 5.41) is 5.33. The van der Waals surface area contributed by atoms with E-state index in [4.69, 9.17) is 9.47 Å². The molecule has 2 amide bonds. The Morgan fingerprint density at radius 2 is 1.55 bits per heavy atom. The molecule has 0 bridgehead atoms. The Balaban J connectivity index is 1.81. The lowest BCUT2D eigenvalue weighted by molar-refractivity contribution is -0.157. The Bertz CT molecular complexity index is 909. The van der Waals surface area contributed by atoms with Gasteiger partial charge in [-0.15, -0.1) is 0 Å². The predicted octanol–water partition coefficient (Wildman–Crippen LogP) is 3.02. The second-order valence-corrected chi connectivity index (χ2v) is 7.06. The third-order valence-electron chi connectivity index (χ3n) is 4.58. The summed E-state index contributed by atoms with van der Waals surface area (Å²) >= 11 is 0. The molecule has 2 aromatic rings. The third-order valence-corrected chi connectivity index (χ3v) is 4.58. The second kappa shape index (κ2) is 11.5. The number of nitrogens with one attached hydrogen (secondary N) is 2. The number of ether oxygens (including phenoxy) is 2. The van der Waals surface area contributed by atoms with Crippen molar-refractivity contribution in [2.45, 2.75) is 39.0 Å². The molecule has 3 atom stereocenters. The zero-order valence-corrected chi connectivity index (χ0v) is 18.1. The van der Waals surface area contributed by atoms with Crippen LogP contribution in [0.15, 0.2) is 60.7 Å². The van der Waals surface area contributed by atoms with E-state index >= 15 is 0 Å². The van der Waals surface area contributed by atoms with Gasteiger partial charge in [-0.2, -0.15) is 0 Å². The number of benzene rings is 2. The van der Waals surface area contributed by atoms with Crippen LogP contribution < -0.4 is 15.4 Å². The van der Waals surface area contributed by atoms with Gasteiger partial charge in [0.1, 0.15) is 11.8 Å². The fraction of sp³-hybridized carbons (Fsp3) is 0.292. The van der Waals surface area contributed by atoms with Crippen LogP contribution in [0.25, 0.3) is 6.08 Å². The van der Waals surface area contributed by atoms with E-state index in [2.05, 4.69) is 10.6 Å². The Morgan fingerprint density at radius 1 is 0.903 bits per heavy atom. The maximum absolute atomic E-state index is 12.3. The quantitative estimate of drug-likeness (QED) is 0.477. The van der Waals surface area contributed by atoms with Gasteiger partial charge in [0.15, 0.2) is 6.10 Å². The van der Waals surface area contributed by atoms with E-state index in [9.17, 15) is 14.4 Å². The van der Waals surface area contributed by atoms with Crippen LogP contribution in [0.4, 0.5) is 0 Å². The van der Waals surface area contributed by atoms with Gasteiger partial charge in [-0.1, -0.05) is 42.5 Å². The molecule has 0 aliphatic carbocycles. The highest BCUT2D eigenvalue weighted by atomic mass is 16.5. The van der Waals surface area contributed by atoms with Gasteiger partial charge in [0.25, 0.3) is 5.91 Å². The number of carbonyl (C=O) groups excluding carboxylic acids is 3. The lowest BCUT2D eigenvalue weighted by atomic mass is 10.1. The van der Waals surface area contributed by atoms with Gasteiger partial charge in [-0.3, -0.25) is 9.59 Å². The minimum atomic E-state index is -0.993. The summed E-state index contributed by atoms with van der Waals surface area (Å²) in [5.74, 6) is -0.840. The first-order valence-electron chi connectivity index (χ1n) is 9.98. The van der Waals surface area contributed by atoms with Crippen LogP contribution in [0.5, 0.6) is 5.75 Å². The van der Waals surface area contributed by atoms with Gasteiger partial charge >= 0.3 is 5.97 Å². The fourth-order valence-electron chi connectivity index (χ4n) is 2.69. The molecule has 7 nitrogen and oxygen atoms in total. The lowest BCUT2D eigenvalue weighted by Crippen LogP contribution is -2.43. The number of hydrogen-bond acceptors (Lipinski definition) is 5. The summed E-state index contributed by atoms with van der Waals surface area (Å²) in [6.45, 7) is 4.83. The highest BCUT2D eigenvalue weighted by Crippen LogP contribution is 2.13. The molecule has 0 aliphatic heterocycles. The van der Waals surface area contributed by atoms with E-state index in [0.29, 0.717) is 5.75 Å². The average Bonchev–Trinajstić information content (AvgIpc) is 2.78. The number of amides is 2. The maximum atomic E-state index is 12.3. The molecule has 0 fully saturated rings. The van der Waals surface area contributed by atoms with E-state index < -0.39 is 29.9 Å². The van der Waals surface area contributed by atoms with Gasteiger partial charge in [0, 0.05) is 6.08 Å². The van der Waals surface area contributed by atoms with E-state index in [1.165, 1.54) is 19.9 Å². The first kappa shape index (κ1) is 23.7. The van der Waals surface area contributed by atoms with E-state index in [1.807, 2.05) is 37.3 Å². The molecule has 2 rings (SSSR count). The SMILES string of the molecule is COc1ccc(/C=C/C(=O)NC(C)C(=O)OC(C)C(=O)NC(C)c2ccccc2)cc1. The predicted molar refractivity (Wildman–Crippen MR) is 118 cm³/mol. The smallest absolute Gasteiger partial charge is 0.329 e. The van der Waals surface area contributed by atoms with Crippen molar-refractivity contribution in [3.05, 3.63) is 71.8 Å². The number of rotatable bonds is 9. The van der Waals surface area contributed by atoms with E-state index in [1.54, 1.807) is 37.5 Å². The average molecular weight is 424 g/mol. The summed E-state index contributed by atoms with van der Waals surface area (Å²) in [7, 11) is 1.58. The third kappa shape index (κ3) is 7.62. The van der Waals surface area contributed by atoms with Gasteiger partial charge < -0.3 is 20.1 Å². The number of esters is 1. The lowest BCUT2D eigenvalue weighted by Gasteiger charge is -2.20. The van der Waals surface area contributed by atoms with Crippen LogP contribution in [0.2, 0.25) is 0 Å². The van der Waals surface area contributed by atoms with Crippen LogP contribution in [-0.2, 0) is 19.1 Å². The Hall–Kier alpha value is -3.61. The zero-order valence-electron chi connectivity index (χ0n) is 18.1. The van der Waals surface area contributed by atoms with Crippen molar-refractivity contribution < 1.29 is 23.9 Å². The Labute approximate surface area is 182 Å². The molecule has 0 aliphatic rings. The summed E-state index contributed by atoms with van der Waals surface area (Å²) < 4.78 is 10.3. The summed E-state index contributed by atoms with van der Waals surface area (Å²) in [6, 6.07) is 15.5. The summed E-state index contributed by atoms with van der Waals surface area (Å²) in [5.41, 5.74) is 1.75. The molecule has 0 radical (unpaired) electrons. The van der Waals surface area contributed by atoms with Crippen molar-refractivity contribution in [2.24, 2.45) is 0 Å². The summed E-state index contributed by atoms with van der Waals surface area (Å²) in [6.07, 6.45) is 1.95. The molecule has 31 heavy (non-hydrogen) atoms. The molecule has 7 heteroatoms. The number of methoxy groups -OCH3 is 1. The van der Waals surface area contributed by atoms with Crippen LogP contribution in [0.1, 0.15) is 37.9 Å². The van der Waals surface area contributed by atoms with Crippen LogP contribution in [-0.4, -0.2) is 37.0 Å². The Morgan fingerprint density at radius 3 is 2.16 bits per heavy atom. The zero-order chi connectivity index (χ0) is 22.8. The van der Waals surface area contributed by atoms with Gasteiger partial charge in [0.2, 0.25) is 5.91 Å². The molecule has 0 aromatic heterocycles. The second-order valence-electron chi connectivity index (χ2n) is 7.06. The standard InChI is InChI=1S/C24H28N2O5/c1-16(20-8-6-5-7-9-20)26-23(28)18(3)31-24(29)17(2)25-22(27)15-12-19-10-13-21(30-4)14-11-19/h5-18H,1-4H3,(H,25,27)(H,26,28)/b15-12+. The molecular weight excluding hydrogens is 396 g/mol. The van der Waals surface area contributed by atoms with Crippen LogP contribution in [0, 0.1) is 0 Å². The van der Waals surface area contributed by atoms with Crippen molar-refractivity contribution in [3.8, 4) is 5.75 Å². The normalized spacial score (nSPS) is 13.7. The highest BCUT2D eigenvalue weighted by molar-refractivity contribution is 5.95. The van der Waals surface area contributed by atoms with E-state index in [-0.39, 0.29) is 6.04 Å². The van der Waals surface area contributed by atoms with Crippen molar-refractivity contribution in [2.75, 3.05) is 7.11 Å². The highest BCUT2D eigenvalue weighted by Gasteiger charge is 2.23. The monoisotopic (exact) mass is 424 g/mol. The molecule has 0 saturated carbocycles. The Kier molecular flexibility index (Phi) is 8.81. The number of hydrogen-bond donors (Lipinski definition) is 2. The molecule has 0 spiro atoms. The van der Waals surface area contributed by atoms with Crippen molar-refractivity contribution in [1.29, 1.82) is 0 Å². The van der Waals surface area contributed by atoms with Crippen molar-refractivity contribution >= 4 is 23.9 Å². The summed E-state index contributed by atoms with van der Waals surface area (Å²) in [4.78, 5) is 36.6. The van der Waals surface area contributed by atoms with Gasteiger partial charge in [0.05, 0.1) is 13.2 Å². The largest absolute Gasteiger partial charge is 0.497 e. The van der Waals surface area contributed by atoms with Crippen molar-refractivity contribution in [1.82, 2.24) is 10.6 Å². The van der Waals surface area contributed by atoms with Crippen LogP contribution in [0.3, 0.4) is 0 Å². The minimum Gasteiger partial charge on any atom is -0.497 e. The molecule has 3 unspecified atom stereocenters. The topological polar surface area (TPSA) is 93.7 Å². The molecular formula is C24H28N2O5. The molecule has 0 heterocycles. The van der Waals surface area contributed by atoms with Crippen molar-refractivity contribution in [3.63, 3.8) is 0 Å². The first-order valence-corrected chi connectivity index (χ1v) is 9.98. The maximum Gasteiger partial charge on any atom is 0.329 e. The molecule has 164 valence electrons.